The highest BCUT2D eigenvalue weighted by Crippen LogP contribution is 2.28. The molecule has 0 bridgehead atoms. The highest BCUT2D eigenvalue weighted by atomic mass is 35.5. The van der Waals surface area contributed by atoms with E-state index in [9.17, 15) is 4.79 Å². The first-order valence-corrected chi connectivity index (χ1v) is 7.46. The normalized spacial score (nSPS) is 10.6. The van der Waals surface area contributed by atoms with Gasteiger partial charge >= 0.3 is 0 Å². The van der Waals surface area contributed by atoms with Gasteiger partial charge in [-0.15, -0.1) is 11.3 Å². The molecule has 0 unspecified atom stereocenters. The molecule has 2 aromatic heterocycles. The Hall–Kier alpha value is -2.11. The molecule has 0 atom stereocenters. The van der Waals surface area contributed by atoms with E-state index in [1.54, 1.807) is 12.1 Å². The standard InChI is InChI=1S/C15H11ClN2O2S/c1-9-4-5-10(7-11(9)16)18-15(19)13-14(20-8-17-13)12-3-2-6-21-12/h2-8H,1H3,(H,18,19). The van der Waals surface area contributed by atoms with Crippen LogP contribution in [0.15, 0.2) is 46.5 Å². The van der Waals surface area contributed by atoms with Gasteiger partial charge < -0.3 is 9.73 Å². The first-order chi connectivity index (χ1) is 10.1. The fourth-order valence-electron chi connectivity index (χ4n) is 1.85. The largest absolute Gasteiger partial charge is 0.442 e. The summed E-state index contributed by atoms with van der Waals surface area (Å²) in [6.07, 6.45) is 1.27. The molecule has 1 N–H and O–H groups in total. The van der Waals surface area contributed by atoms with Gasteiger partial charge in [-0.25, -0.2) is 4.98 Å². The van der Waals surface area contributed by atoms with Crippen LogP contribution >= 0.6 is 22.9 Å². The molecule has 0 aliphatic heterocycles. The van der Waals surface area contributed by atoms with Crippen LogP contribution in [0.4, 0.5) is 5.69 Å². The van der Waals surface area contributed by atoms with Gasteiger partial charge in [0.25, 0.3) is 5.91 Å². The minimum Gasteiger partial charge on any atom is -0.442 e. The number of hydrogen-bond donors (Lipinski definition) is 1. The molecule has 4 nitrogen and oxygen atoms in total. The molecule has 1 aromatic carbocycles. The molecule has 0 aliphatic rings. The SMILES string of the molecule is Cc1ccc(NC(=O)c2ncoc2-c2cccs2)cc1Cl. The Labute approximate surface area is 130 Å². The molecule has 106 valence electrons. The highest BCUT2D eigenvalue weighted by molar-refractivity contribution is 7.13. The van der Waals surface area contributed by atoms with Crippen molar-refractivity contribution < 1.29 is 9.21 Å². The number of hydrogen-bond acceptors (Lipinski definition) is 4. The maximum absolute atomic E-state index is 12.3. The average Bonchev–Trinajstić information content (AvgIpc) is 3.12. The Balaban J connectivity index is 1.86. The van der Waals surface area contributed by atoms with Crippen LogP contribution in [-0.2, 0) is 0 Å². The zero-order valence-corrected chi connectivity index (χ0v) is 12.7. The van der Waals surface area contributed by atoms with E-state index in [0.29, 0.717) is 16.5 Å². The molecule has 0 aliphatic carbocycles. The maximum atomic E-state index is 12.3. The highest BCUT2D eigenvalue weighted by Gasteiger charge is 2.19. The monoisotopic (exact) mass is 318 g/mol. The van der Waals surface area contributed by atoms with Gasteiger partial charge in [0, 0.05) is 10.7 Å². The van der Waals surface area contributed by atoms with E-state index >= 15 is 0 Å². The number of benzene rings is 1. The van der Waals surface area contributed by atoms with Crippen LogP contribution in [0.3, 0.4) is 0 Å². The van der Waals surface area contributed by atoms with Crippen molar-refractivity contribution in [3.63, 3.8) is 0 Å². The minimum absolute atomic E-state index is 0.258. The first kappa shape index (κ1) is 13.9. The lowest BCUT2D eigenvalue weighted by molar-refractivity contribution is 0.102. The van der Waals surface area contributed by atoms with E-state index in [-0.39, 0.29) is 11.6 Å². The molecular weight excluding hydrogens is 308 g/mol. The van der Waals surface area contributed by atoms with Gasteiger partial charge in [0.05, 0.1) is 4.88 Å². The van der Waals surface area contributed by atoms with Crippen molar-refractivity contribution in [3.05, 3.63) is 58.4 Å². The van der Waals surface area contributed by atoms with Gasteiger partial charge in [-0.2, -0.15) is 0 Å². The molecule has 3 aromatic rings. The van der Waals surface area contributed by atoms with Crippen LogP contribution in [0, 0.1) is 6.92 Å². The van der Waals surface area contributed by atoms with E-state index in [1.807, 2.05) is 30.5 Å². The number of nitrogens with one attached hydrogen (secondary N) is 1. The summed E-state index contributed by atoms with van der Waals surface area (Å²) in [6, 6.07) is 9.12. The van der Waals surface area contributed by atoms with Crippen molar-refractivity contribution >= 4 is 34.5 Å². The molecule has 1 amide bonds. The second-order valence-electron chi connectivity index (χ2n) is 4.43. The minimum atomic E-state index is -0.327. The zero-order chi connectivity index (χ0) is 14.8. The van der Waals surface area contributed by atoms with Crippen LogP contribution in [0.1, 0.15) is 16.1 Å². The molecule has 0 saturated carbocycles. The number of amides is 1. The van der Waals surface area contributed by atoms with Crippen molar-refractivity contribution in [2.24, 2.45) is 0 Å². The second kappa shape index (κ2) is 5.71. The Morgan fingerprint density at radius 1 is 1.38 bits per heavy atom. The fourth-order valence-corrected chi connectivity index (χ4v) is 2.74. The van der Waals surface area contributed by atoms with Crippen LogP contribution in [0.5, 0.6) is 0 Å². The summed E-state index contributed by atoms with van der Waals surface area (Å²) in [5, 5.41) is 5.29. The average molecular weight is 319 g/mol. The lowest BCUT2D eigenvalue weighted by atomic mass is 10.2. The summed E-state index contributed by atoms with van der Waals surface area (Å²) in [5.41, 5.74) is 1.83. The Bertz CT molecular complexity index is 781. The van der Waals surface area contributed by atoms with E-state index < -0.39 is 0 Å². The molecular formula is C15H11ClN2O2S. The summed E-state index contributed by atoms with van der Waals surface area (Å²) >= 11 is 7.54. The Kier molecular flexibility index (Phi) is 3.77. The molecule has 2 heterocycles. The number of carbonyl (C=O) groups excluding carboxylic acids is 1. The summed E-state index contributed by atoms with van der Waals surface area (Å²) in [6.45, 7) is 1.90. The predicted octanol–water partition coefficient (Wildman–Crippen LogP) is 4.62. The molecule has 21 heavy (non-hydrogen) atoms. The fraction of sp³-hybridized carbons (Fsp3) is 0.0667. The van der Waals surface area contributed by atoms with Crippen molar-refractivity contribution in [2.45, 2.75) is 6.92 Å². The molecule has 3 rings (SSSR count). The van der Waals surface area contributed by atoms with E-state index in [1.165, 1.54) is 17.7 Å². The summed E-state index contributed by atoms with van der Waals surface area (Å²) < 4.78 is 5.32. The van der Waals surface area contributed by atoms with Crippen LogP contribution < -0.4 is 5.32 Å². The number of carbonyl (C=O) groups is 1. The van der Waals surface area contributed by atoms with Crippen molar-refractivity contribution in [3.8, 4) is 10.6 Å². The summed E-state index contributed by atoms with van der Waals surface area (Å²) in [7, 11) is 0. The van der Waals surface area contributed by atoms with Crippen LogP contribution in [0.25, 0.3) is 10.6 Å². The molecule has 0 radical (unpaired) electrons. The van der Waals surface area contributed by atoms with Crippen molar-refractivity contribution in [1.29, 1.82) is 0 Å². The van der Waals surface area contributed by atoms with Gasteiger partial charge in [-0.05, 0) is 36.1 Å². The molecule has 0 spiro atoms. The number of aromatic nitrogens is 1. The van der Waals surface area contributed by atoms with Gasteiger partial charge in [-0.3, -0.25) is 4.79 Å². The van der Waals surface area contributed by atoms with Crippen molar-refractivity contribution in [2.75, 3.05) is 5.32 Å². The second-order valence-corrected chi connectivity index (χ2v) is 5.78. The third kappa shape index (κ3) is 2.84. The van der Waals surface area contributed by atoms with Crippen molar-refractivity contribution in [1.82, 2.24) is 4.98 Å². The quantitative estimate of drug-likeness (QED) is 0.766. The van der Waals surface area contributed by atoms with Gasteiger partial charge in [0.1, 0.15) is 0 Å². The van der Waals surface area contributed by atoms with Crippen LogP contribution in [0.2, 0.25) is 5.02 Å². The van der Waals surface area contributed by atoms with Gasteiger partial charge in [0.2, 0.25) is 0 Å². The predicted molar refractivity (Wildman–Crippen MR) is 84.0 cm³/mol. The van der Waals surface area contributed by atoms with E-state index in [0.717, 1.165) is 10.4 Å². The zero-order valence-electron chi connectivity index (χ0n) is 11.1. The number of nitrogens with zero attached hydrogens (tertiary/aromatic N) is 1. The number of aryl methyl sites for hydroxylation is 1. The summed E-state index contributed by atoms with van der Waals surface area (Å²) in [4.78, 5) is 17.2. The van der Waals surface area contributed by atoms with E-state index in [2.05, 4.69) is 10.3 Å². The number of anilines is 1. The van der Waals surface area contributed by atoms with Crippen LogP contribution in [-0.4, -0.2) is 10.9 Å². The molecule has 0 saturated heterocycles. The first-order valence-electron chi connectivity index (χ1n) is 6.20. The molecule has 6 heteroatoms. The lowest BCUT2D eigenvalue weighted by Gasteiger charge is -2.06. The number of oxazole rings is 1. The summed E-state index contributed by atoms with van der Waals surface area (Å²) in [5.74, 6) is 0.146. The Morgan fingerprint density at radius 2 is 2.24 bits per heavy atom. The third-order valence-electron chi connectivity index (χ3n) is 2.96. The molecule has 0 fully saturated rings. The Morgan fingerprint density at radius 3 is 2.95 bits per heavy atom. The number of halogens is 1. The maximum Gasteiger partial charge on any atom is 0.278 e. The smallest absolute Gasteiger partial charge is 0.278 e. The van der Waals surface area contributed by atoms with E-state index in [4.69, 9.17) is 16.0 Å². The number of rotatable bonds is 3. The lowest BCUT2D eigenvalue weighted by Crippen LogP contribution is -2.13. The third-order valence-corrected chi connectivity index (χ3v) is 4.23. The topological polar surface area (TPSA) is 55.1 Å². The van der Waals surface area contributed by atoms with Gasteiger partial charge in [0.15, 0.2) is 17.8 Å². The number of thiophene rings is 1. The van der Waals surface area contributed by atoms with Gasteiger partial charge in [-0.1, -0.05) is 23.7 Å².